The molecule has 0 spiro atoms. The smallest absolute Gasteiger partial charge is 0.293 e. The lowest BCUT2D eigenvalue weighted by Gasteiger charge is -1.93. The van der Waals surface area contributed by atoms with E-state index in [-0.39, 0.29) is 11.4 Å². The van der Waals surface area contributed by atoms with E-state index >= 15 is 0 Å². The van der Waals surface area contributed by atoms with Gasteiger partial charge in [0.2, 0.25) is 0 Å². The minimum Gasteiger partial charge on any atom is -0.293 e. The Kier molecular flexibility index (Phi) is 1.82. The van der Waals surface area contributed by atoms with Crippen molar-refractivity contribution in [2.24, 2.45) is 14.1 Å². The summed E-state index contributed by atoms with van der Waals surface area (Å²) in [4.78, 5) is 25.4. The van der Waals surface area contributed by atoms with Crippen LogP contribution in [0.4, 0.5) is 5.69 Å². The monoisotopic (exact) mass is 208 g/mol. The first-order valence-corrected chi connectivity index (χ1v) is 4.18. The molecule has 7 nitrogen and oxygen atoms in total. The second-order valence-corrected chi connectivity index (χ2v) is 3.19. The molecule has 0 radical (unpaired) electrons. The van der Waals surface area contributed by atoms with E-state index in [1.807, 2.05) is 0 Å². The van der Waals surface area contributed by atoms with Gasteiger partial charge in [-0.1, -0.05) is 0 Å². The van der Waals surface area contributed by atoms with Crippen molar-refractivity contribution in [3.05, 3.63) is 32.9 Å². The zero-order chi connectivity index (χ0) is 11.2. The van der Waals surface area contributed by atoms with Gasteiger partial charge in [-0.2, -0.15) is 0 Å². The number of fused-ring (bicyclic) bond motifs is 1. The highest BCUT2D eigenvalue weighted by atomic mass is 16.6. The van der Waals surface area contributed by atoms with Gasteiger partial charge in [-0.25, -0.2) is 9.78 Å². The van der Waals surface area contributed by atoms with Crippen molar-refractivity contribution in [3.8, 4) is 0 Å². The van der Waals surface area contributed by atoms with Crippen LogP contribution >= 0.6 is 0 Å². The predicted octanol–water partition coefficient (Wildman–Crippen LogP) is 0.180. The molecule has 0 aromatic carbocycles. The molecule has 0 atom stereocenters. The number of pyridine rings is 1. The van der Waals surface area contributed by atoms with Crippen LogP contribution in [0.25, 0.3) is 11.2 Å². The Balaban J connectivity index is 2.89. The minimum absolute atomic E-state index is 0.122. The van der Waals surface area contributed by atoms with Crippen molar-refractivity contribution in [2.45, 2.75) is 0 Å². The largest absolute Gasteiger partial charge is 0.329 e. The van der Waals surface area contributed by atoms with Crippen LogP contribution in [-0.4, -0.2) is 19.0 Å². The van der Waals surface area contributed by atoms with Gasteiger partial charge >= 0.3 is 5.69 Å². The molecule has 0 unspecified atom stereocenters. The number of hydrogen-bond acceptors (Lipinski definition) is 4. The molecular weight excluding hydrogens is 200 g/mol. The van der Waals surface area contributed by atoms with Crippen molar-refractivity contribution < 1.29 is 4.92 Å². The predicted molar refractivity (Wildman–Crippen MR) is 52.6 cm³/mol. The normalized spacial score (nSPS) is 10.8. The summed E-state index contributed by atoms with van der Waals surface area (Å²) in [5, 5.41) is 10.5. The maximum absolute atomic E-state index is 11.5. The fourth-order valence-corrected chi connectivity index (χ4v) is 1.46. The van der Waals surface area contributed by atoms with Crippen LogP contribution < -0.4 is 5.69 Å². The maximum atomic E-state index is 11.5. The second-order valence-electron chi connectivity index (χ2n) is 3.19. The summed E-state index contributed by atoms with van der Waals surface area (Å²) in [7, 11) is 3.12. The van der Waals surface area contributed by atoms with E-state index in [4.69, 9.17) is 0 Å². The zero-order valence-electron chi connectivity index (χ0n) is 8.17. The quantitative estimate of drug-likeness (QED) is 0.494. The van der Waals surface area contributed by atoms with Gasteiger partial charge in [-0.05, 0) is 0 Å². The number of nitro groups is 1. The van der Waals surface area contributed by atoms with Gasteiger partial charge in [0.05, 0.1) is 10.4 Å². The first-order valence-electron chi connectivity index (χ1n) is 4.18. The first kappa shape index (κ1) is 9.38. The average Bonchev–Trinajstić information content (AvgIpc) is 2.44. The fraction of sp³-hybridized carbons (Fsp3) is 0.250. The average molecular weight is 208 g/mol. The number of nitrogens with zero attached hydrogens (tertiary/aromatic N) is 4. The highest BCUT2D eigenvalue weighted by molar-refractivity contribution is 5.73. The van der Waals surface area contributed by atoms with Gasteiger partial charge in [-0.15, -0.1) is 0 Å². The van der Waals surface area contributed by atoms with E-state index in [2.05, 4.69) is 4.98 Å². The van der Waals surface area contributed by atoms with Crippen LogP contribution in [0.15, 0.2) is 17.1 Å². The van der Waals surface area contributed by atoms with Crippen LogP contribution in [0.1, 0.15) is 0 Å². The molecule has 0 aliphatic heterocycles. The Morgan fingerprint density at radius 3 is 2.67 bits per heavy atom. The molecular formula is C8H8N4O3. The summed E-state index contributed by atoms with van der Waals surface area (Å²) in [6.45, 7) is 0. The summed E-state index contributed by atoms with van der Waals surface area (Å²) in [6.07, 6.45) is 1.14. The molecule has 0 aliphatic rings. The molecule has 15 heavy (non-hydrogen) atoms. The SMILES string of the molecule is Cn1c(=O)n(C)c2ncc([N+](=O)[O-])cc21. The Morgan fingerprint density at radius 1 is 1.40 bits per heavy atom. The molecule has 0 aliphatic carbocycles. The topological polar surface area (TPSA) is 83.0 Å². The number of hydrogen-bond donors (Lipinski definition) is 0. The van der Waals surface area contributed by atoms with Gasteiger partial charge in [0.25, 0.3) is 5.69 Å². The van der Waals surface area contributed by atoms with Crippen LogP contribution in [0.3, 0.4) is 0 Å². The van der Waals surface area contributed by atoms with E-state index in [0.29, 0.717) is 11.2 Å². The third-order valence-corrected chi connectivity index (χ3v) is 2.30. The van der Waals surface area contributed by atoms with Crippen molar-refractivity contribution in [2.75, 3.05) is 0 Å². The van der Waals surface area contributed by atoms with E-state index in [9.17, 15) is 14.9 Å². The van der Waals surface area contributed by atoms with Crippen LogP contribution in [0, 0.1) is 10.1 Å². The highest BCUT2D eigenvalue weighted by Crippen LogP contribution is 2.15. The Hall–Kier alpha value is -2.18. The van der Waals surface area contributed by atoms with Gasteiger partial charge in [0.15, 0.2) is 5.65 Å². The van der Waals surface area contributed by atoms with E-state index < -0.39 is 4.92 Å². The third-order valence-electron chi connectivity index (χ3n) is 2.30. The Labute approximate surface area is 83.7 Å². The minimum atomic E-state index is -0.538. The molecule has 2 heterocycles. The van der Waals surface area contributed by atoms with Crippen LogP contribution in [0.5, 0.6) is 0 Å². The molecule has 0 saturated heterocycles. The van der Waals surface area contributed by atoms with Crippen LogP contribution in [0.2, 0.25) is 0 Å². The standard InChI is InChI=1S/C8H8N4O3/c1-10-6-3-5(12(14)15)4-9-7(6)11(2)8(10)13/h3-4H,1-2H3. The molecule has 2 aromatic rings. The highest BCUT2D eigenvalue weighted by Gasteiger charge is 2.13. The maximum Gasteiger partial charge on any atom is 0.329 e. The molecule has 7 heteroatoms. The number of aryl methyl sites for hydroxylation is 2. The van der Waals surface area contributed by atoms with E-state index in [0.717, 1.165) is 6.20 Å². The van der Waals surface area contributed by atoms with Crippen molar-refractivity contribution in [1.82, 2.24) is 14.1 Å². The Bertz CT molecular complexity index is 610. The molecule has 0 fully saturated rings. The lowest BCUT2D eigenvalue weighted by Crippen LogP contribution is -2.19. The summed E-state index contributed by atoms with van der Waals surface area (Å²) in [5.41, 5.74) is 0.520. The third kappa shape index (κ3) is 1.20. The van der Waals surface area contributed by atoms with Crippen LogP contribution in [-0.2, 0) is 14.1 Å². The van der Waals surface area contributed by atoms with Gasteiger partial charge in [-0.3, -0.25) is 19.2 Å². The molecule has 0 saturated carbocycles. The second kappa shape index (κ2) is 2.91. The summed E-state index contributed by atoms with van der Waals surface area (Å²) < 4.78 is 2.67. The van der Waals surface area contributed by atoms with Gasteiger partial charge in [0, 0.05) is 20.2 Å². The lowest BCUT2D eigenvalue weighted by molar-refractivity contribution is -0.385. The lowest BCUT2D eigenvalue weighted by atomic mass is 10.4. The molecule has 0 bridgehead atoms. The molecule has 78 valence electrons. The Morgan fingerprint density at radius 2 is 2.07 bits per heavy atom. The number of aromatic nitrogens is 3. The van der Waals surface area contributed by atoms with Crippen molar-refractivity contribution in [3.63, 3.8) is 0 Å². The van der Waals surface area contributed by atoms with Gasteiger partial charge in [0.1, 0.15) is 6.20 Å². The zero-order valence-corrected chi connectivity index (χ0v) is 8.17. The fourth-order valence-electron chi connectivity index (χ4n) is 1.46. The molecule has 2 rings (SSSR count). The van der Waals surface area contributed by atoms with Crippen molar-refractivity contribution in [1.29, 1.82) is 0 Å². The van der Waals surface area contributed by atoms with E-state index in [1.165, 1.54) is 15.2 Å². The first-order chi connectivity index (χ1) is 7.02. The van der Waals surface area contributed by atoms with E-state index in [1.54, 1.807) is 14.1 Å². The molecule has 2 aromatic heterocycles. The number of imidazole rings is 1. The summed E-state index contributed by atoms with van der Waals surface area (Å²) >= 11 is 0. The summed E-state index contributed by atoms with van der Waals surface area (Å²) in [5.74, 6) is 0. The number of rotatable bonds is 1. The van der Waals surface area contributed by atoms with Crippen molar-refractivity contribution >= 4 is 16.9 Å². The molecule has 0 N–H and O–H groups in total. The molecule has 0 amide bonds. The van der Waals surface area contributed by atoms with Gasteiger partial charge < -0.3 is 0 Å². The summed E-state index contributed by atoms with van der Waals surface area (Å²) in [6, 6.07) is 1.34.